The minimum Gasteiger partial charge on any atom is -0.493 e. The maximum atomic E-state index is 12.8. The highest BCUT2D eigenvalue weighted by Gasteiger charge is 2.61. The number of rotatable bonds is 3. The van der Waals surface area contributed by atoms with Gasteiger partial charge in [0.25, 0.3) is 0 Å². The van der Waals surface area contributed by atoms with Crippen molar-refractivity contribution < 1.29 is 9.53 Å². The number of carbonyl (C=O) groups excluding carboxylic acids is 1. The fourth-order valence-corrected chi connectivity index (χ4v) is 4.49. The van der Waals surface area contributed by atoms with Gasteiger partial charge in [0.2, 0.25) is 5.91 Å². The molecule has 1 saturated heterocycles. The van der Waals surface area contributed by atoms with Gasteiger partial charge in [-0.3, -0.25) is 4.79 Å². The molecule has 1 saturated carbocycles. The summed E-state index contributed by atoms with van der Waals surface area (Å²) in [5, 5.41) is 6.36. The van der Waals surface area contributed by atoms with Crippen LogP contribution in [0.3, 0.4) is 0 Å². The summed E-state index contributed by atoms with van der Waals surface area (Å²) in [6, 6.07) is 12.1. The quantitative estimate of drug-likeness (QED) is 0.874. The third-order valence-electron chi connectivity index (χ3n) is 6.10. The maximum absolute atomic E-state index is 12.8. The van der Waals surface area contributed by atoms with Crippen molar-refractivity contribution in [3.63, 3.8) is 0 Å². The lowest BCUT2D eigenvalue weighted by Gasteiger charge is -2.29. The van der Waals surface area contributed by atoms with Crippen LogP contribution < -0.4 is 20.3 Å². The van der Waals surface area contributed by atoms with E-state index in [-0.39, 0.29) is 17.2 Å². The van der Waals surface area contributed by atoms with E-state index >= 15 is 0 Å². The summed E-state index contributed by atoms with van der Waals surface area (Å²) < 4.78 is 5.76. The molecule has 6 heteroatoms. The van der Waals surface area contributed by atoms with Gasteiger partial charge >= 0.3 is 0 Å². The highest BCUT2D eigenvalue weighted by Crippen LogP contribution is 2.60. The maximum Gasteiger partial charge on any atom is 0.229 e. The number of ether oxygens (including phenoxy) is 1. The summed E-state index contributed by atoms with van der Waals surface area (Å²) in [5.74, 6) is 1.62. The summed E-state index contributed by atoms with van der Waals surface area (Å²) in [5.41, 5.74) is 2.23. The fourth-order valence-electron chi connectivity index (χ4n) is 4.49. The number of aromatic nitrogens is 1. The Balaban J connectivity index is 1.27. The zero-order valence-corrected chi connectivity index (χ0v) is 15.3. The Morgan fingerprint density at radius 1 is 1.22 bits per heavy atom. The summed E-state index contributed by atoms with van der Waals surface area (Å²) in [4.78, 5) is 19.6. The lowest BCUT2D eigenvalue weighted by Crippen LogP contribution is -2.43. The summed E-state index contributed by atoms with van der Waals surface area (Å²) in [6.45, 7) is 4.64. The van der Waals surface area contributed by atoms with Crippen LogP contribution in [0.4, 0.5) is 11.5 Å². The number of carbonyl (C=O) groups is 1. The molecule has 0 bridgehead atoms. The average Bonchev–Trinajstić information content (AvgIpc) is 3.44. The van der Waals surface area contributed by atoms with Crippen LogP contribution in [0.5, 0.6) is 5.75 Å². The molecule has 2 aliphatic heterocycles. The van der Waals surface area contributed by atoms with E-state index in [4.69, 9.17) is 4.74 Å². The van der Waals surface area contributed by atoms with Gasteiger partial charge in [-0.05, 0) is 31.0 Å². The predicted octanol–water partition coefficient (Wildman–Crippen LogP) is 2.17. The molecule has 6 nitrogen and oxygen atoms in total. The molecule has 1 spiro atoms. The predicted molar refractivity (Wildman–Crippen MR) is 104 cm³/mol. The first-order valence-corrected chi connectivity index (χ1v) is 9.71. The molecule has 2 atom stereocenters. The average molecular weight is 364 g/mol. The van der Waals surface area contributed by atoms with E-state index in [2.05, 4.69) is 26.6 Å². The zero-order valence-electron chi connectivity index (χ0n) is 15.3. The normalized spacial score (nSPS) is 26.2. The Labute approximate surface area is 158 Å². The van der Waals surface area contributed by atoms with Crippen molar-refractivity contribution in [2.45, 2.75) is 18.3 Å². The Morgan fingerprint density at radius 3 is 2.89 bits per heavy atom. The van der Waals surface area contributed by atoms with Gasteiger partial charge in [0, 0.05) is 43.1 Å². The third-order valence-corrected chi connectivity index (χ3v) is 6.10. The Bertz CT molecular complexity index is 848. The largest absolute Gasteiger partial charge is 0.493 e. The van der Waals surface area contributed by atoms with Crippen molar-refractivity contribution in [3.8, 4) is 5.75 Å². The van der Waals surface area contributed by atoms with Crippen molar-refractivity contribution in [2.75, 3.05) is 43.0 Å². The number of pyridine rings is 1. The second-order valence-corrected chi connectivity index (χ2v) is 7.64. The lowest BCUT2D eigenvalue weighted by molar-refractivity contribution is -0.117. The first-order chi connectivity index (χ1) is 13.3. The SMILES string of the molecule is O=C(Nc1ccc(N2CCNCC2)cn1)[C@@H]1C[C@]12CCOc1ccccc12. The lowest BCUT2D eigenvalue weighted by atomic mass is 9.87. The Kier molecular flexibility index (Phi) is 4.01. The molecule has 3 aliphatic rings. The topological polar surface area (TPSA) is 66.5 Å². The first kappa shape index (κ1) is 16.6. The van der Waals surface area contributed by atoms with Crippen LogP contribution in [-0.2, 0) is 10.2 Å². The molecule has 1 aromatic heterocycles. The van der Waals surface area contributed by atoms with Crippen LogP contribution in [0.2, 0.25) is 0 Å². The molecule has 1 amide bonds. The van der Waals surface area contributed by atoms with Gasteiger partial charge in [-0.1, -0.05) is 18.2 Å². The van der Waals surface area contributed by atoms with E-state index in [0.29, 0.717) is 12.4 Å². The van der Waals surface area contributed by atoms with E-state index in [1.165, 1.54) is 5.56 Å². The van der Waals surface area contributed by atoms with Crippen LogP contribution >= 0.6 is 0 Å². The molecule has 0 radical (unpaired) electrons. The number of piperazine rings is 1. The van der Waals surface area contributed by atoms with Crippen molar-refractivity contribution in [1.82, 2.24) is 10.3 Å². The number of fused-ring (bicyclic) bond motifs is 2. The van der Waals surface area contributed by atoms with Crippen LogP contribution in [0, 0.1) is 5.92 Å². The number of amides is 1. The molecule has 5 rings (SSSR count). The fraction of sp³-hybridized carbons (Fsp3) is 0.429. The van der Waals surface area contributed by atoms with Crippen LogP contribution in [0.25, 0.3) is 0 Å². The number of hydrogen-bond donors (Lipinski definition) is 2. The van der Waals surface area contributed by atoms with E-state index in [9.17, 15) is 4.79 Å². The van der Waals surface area contributed by atoms with E-state index in [1.54, 1.807) is 0 Å². The molecule has 2 fully saturated rings. The van der Waals surface area contributed by atoms with Crippen molar-refractivity contribution in [2.24, 2.45) is 5.92 Å². The van der Waals surface area contributed by atoms with Crippen molar-refractivity contribution >= 4 is 17.4 Å². The van der Waals surface area contributed by atoms with Crippen LogP contribution in [-0.4, -0.2) is 43.7 Å². The molecular formula is C21H24N4O2. The molecule has 0 unspecified atom stereocenters. The van der Waals surface area contributed by atoms with Crippen molar-refractivity contribution in [3.05, 3.63) is 48.2 Å². The van der Waals surface area contributed by atoms with Crippen LogP contribution in [0.15, 0.2) is 42.6 Å². The summed E-state index contributed by atoms with van der Waals surface area (Å²) in [7, 11) is 0. The molecule has 1 aromatic carbocycles. The Hall–Kier alpha value is -2.60. The van der Waals surface area contributed by atoms with E-state index in [1.807, 2.05) is 36.5 Å². The number of anilines is 2. The van der Waals surface area contributed by atoms with E-state index in [0.717, 1.165) is 50.5 Å². The van der Waals surface area contributed by atoms with Gasteiger partial charge in [0.15, 0.2) is 0 Å². The molecular weight excluding hydrogens is 340 g/mol. The van der Waals surface area contributed by atoms with Gasteiger partial charge < -0.3 is 20.3 Å². The minimum absolute atomic E-state index is 0.00260. The summed E-state index contributed by atoms with van der Waals surface area (Å²) >= 11 is 0. The van der Waals surface area contributed by atoms with Gasteiger partial charge in [-0.15, -0.1) is 0 Å². The first-order valence-electron chi connectivity index (χ1n) is 9.71. The molecule has 2 N–H and O–H groups in total. The summed E-state index contributed by atoms with van der Waals surface area (Å²) in [6.07, 6.45) is 3.64. The zero-order chi connectivity index (χ0) is 18.3. The number of nitrogens with one attached hydrogen (secondary N) is 2. The minimum atomic E-state index is -0.0559. The number of nitrogens with zero attached hydrogens (tertiary/aromatic N) is 2. The highest BCUT2D eigenvalue weighted by atomic mass is 16.5. The monoisotopic (exact) mass is 364 g/mol. The molecule has 1 aliphatic carbocycles. The van der Waals surface area contributed by atoms with Gasteiger partial charge in [0.05, 0.1) is 18.5 Å². The standard InChI is InChI=1S/C21H24N4O2/c26-20(17-13-21(17)7-12-27-18-4-2-1-3-16(18)21)24-19-6-5-15(14-23-19)25-10-8-22-9-11-25/h1-6,14,17,22H,7-13H2,(H,23,24,26)/t17-,21-/m0/s1. The highest BCUT2D eigenvalue weighted by molar-refractivity contribution is 5.95. The second-order valence-electron chi connectivity index (χ2n) is 7.64. The van der Waals surface area contributed by atoms with Crippen molar-refractivity contribution in [1.29, 1.82) is 0 Å². The third kappa shape index (κ3) is 2.94. The number of benzene rings is 1. The molecule has 140 valence electrons. The number of hydrogen-bond acceptors (Lipinski definition) is 5. The van der Waals surface area contributed by atoms with E-state index < -0.39 is 0 Å². The molecule has 2 aromatic rings. The van der Waals surface area contributed by atoms with Gasteiger partial charge in [0.1, 0.15) is 11.6 Å². The van der Waals surface area contributed by atoms with Gasteiger partial charge in [-0.2, -0.15) is 0 Å². The Morgan fingerprint density at radius 2 is 2.07 bits per heavy atom. The smallest absolute Gasteiger partial charge is 0.229 e. The van der Waals surface area contributed by atoms with Gasteiger partial charge in [-0.25, -0.2) is 4.98 Å². The number of para-hydroxylation sites is 1. The molecule has 3 heterocycles. The molecule has 27 heavy (non-hydrogen) atoms. The van der Waals surface area contributed by atoms with Crippen LogP contribution in [0.1, 0.15) is 18.4 Å². The second kappa shape index (κ2) is 6.53.